The highest BCUT2D eigenvalue weighted by Crippen LogP contribution is 2.26. The maximum atomic E-state index is 5.86. The number of nitrogens with zero attached hydrogens (tertiary/aromatic N) is 3. The van der Waals surface area contributed by atoms with E-state index in [0.717, 1.165) is 0 Å². The van der Waals surface area contributed by atoms with Crippen LogP contribution >= 0.6 is 11.6 Å². The van der Waals surface area contributed by atoms with Crippen LogP contribution in [-0.4, -0.2) is 15.0 Å². The maximum absolute atomic E-state index is 5.86. The van der Waals surface area contributed by atoms with Gasteiger partial charge in [-0.15, -0.1) is 0 Å². The standard InChI is InChI=1S/C9H9ClN6/c10-4-1-2-6(11)5(3-4)7-14-8(12)16-9(13)15-7/h1-3H,11H2,(H4,12,13,14,15,16). The summed E-state index contributed by atoms with van der Waals surface area (Å²) in [6.45, 7) is 0. The maximum Gasteiger partial charge on any atom is 0.225 e. The van der Waals surface area contributed by atoms with Crippen molar-refractivity contribution in [2.45, 2.75) is 0 Å². The van der Waals surface area contributed by atoms with Gasteiger partial charge >= 0.3 is 0 Å². The lowest BCUT2D eigenvalue weighted by Crippen LogP contribution is -2.05. The minimum absolute atomic E-state index is 0.0434. The van der Waals surface area contributed by atoms with Crippen LogP contribution in [-0.2, 0) is 0 Å². The van der Waals surface area contributed by atoms with Crippen molar-refractivity contribution in [2.75, 3.05) is 17.2 Å². The Bertz CT molecular complexity index is 521. The topological polar surface area (TPSA) is 117 Å². The van der Waals surface area contributed by atoms with Crippen molar-refractivity contribution in [1.82, 2.24) is 15.0 Å². The van der Waals surface area contributed by atoms with Crippen LogP contribution in [0.3, 0.4) is 0 Å². The van der Waals surface area contributed by atoms with E-state index >= 15 is 0 Å². The number of nitrogens with two attached hydrogens (primary N) is 3. The molecule has 82 valence electrons. The van der Waals surface area contributed by atoms with Gasteiger partial charge in [0.1, 0.15) is 0 Å². The molecule has 0 bridgehead atoms. The summed E-state index contributed by atoms with van der Waals surface area (Å²) in [7, 11) is 0. The van der Waals surface area contributed by atoms with Crippen molar-refractivity contribution >= 4 is 29.2 Å². The van der Waals surface area contributed by atoms with Crippen molar-refractivity contribution in [3.05, 3.63) is 23.2 Å². The van der Waals surface area contributed by atoms with Gasteiger partial charge in [-0.1, -0.05) is 11.6 Å². The molecule has 0 spiro atoms. The summed E-state index contributed by atoms with van der Waals surface area (Å²) in [5.74, 6) is 0.397. The van der Waals surface area contributed by atoms with Crippen LogP contribution in [0, 0.1) is 0 Å². The fourth-order valence-electron chi connectivity index (χ4n) is 1.25. The molecule has 1 aromatic carbocycles. The fourth-order valence-corrected chi connectivity index (χ4v) is 1.42. The van der Waals surface area contributed by atoms with Crippen LogP contribution in [0.1, 0.15) is 0 Å². The third-order valence-electron chi connectivity index (χ3n) is 1.93. The van der Waals surface area contributed by atoms with E-state index < -0.39 is 0 Å². The number of hydrogen-bond acceptors (Lipinski definition) is 6. The molecule has 2 rings (SSSR count). The van der Waals surface area contributed by atoms with E-state index in [1.54, 1.807) is 18.2 Å². The van der Waals surface area contributed by atoms with E-state index in [0.29, 0.717) is 22.1 Å². The average Bonchev–Trinajstić information content (AvgIpc) is 2.20. The van der Waals surface area contributed by atoms with Crippen LogP contribution in [0.15, 0.2) is 18.2 Å². The molecule has 0 atom stereocenters. The molecule has 0 unspecified atom stereocenters. The molecule has 0 radical (unpaired) electrons. The second kappa shape index (κ2) is 3.82. The lowest BCUT2D eigenvalue weighted by Gasteiger charge is -2.05. The number of benzene rings is 1. The van der Waals surface area contributed by atoms with Gasteiger partial charge in [-0.3, -0.25) is 0 Å². The molecular weight excluding hydrogens is 228 g/mol. The zero-order valence-electron chi connectivity index (χ0n) is 8.18. The average molecular weight is 237 g/mol. The molecule has 16 heavy (non-hydrogen) atoms. The molecule has 2 aromatic rings. The number of hydrogen-bond donors (Lipinski definition) is 3. The summed E-state index contributed by atoms with van der Waals surface area (Å²) in [5, 5.41) is 0.529. The minimum Gasteiger partial charge on any atom is -0.398 e. The van der Waals surface area contributed by atoms with Gasteiger partial charge < -0.3 is 17.2 Å². The number of rotatable bonds is 1. The molecule has 1 aromatic heterocycles. The van der Waals surface area contributed by atoms with Crippen LogP contribution < -0.4 is 17.2 Å². The molecular formula is C9H9ClN6. The van der Waals surface area contributed by atoms with Gasteiger partial charge in [0.15, 0.2) is 5.82 Å². The van der Waals surface area contributed by atoms with E-state index in [1.807, 2.05) is 0 Å². The van der Waals surface area contributed by atoms with Crippen LogP contribution in [0.25, 0.3) is 11.4 Å². The normalized spacial score (nSPS) is 10.3. The quantitative estimate of drug-likeness (QED) is 0.635. The van der Waals surface area contributed by atoms with E-state index in [2.05, 4.69) is 15.0 Å². The number of nitrogen functional groups attached to an aromatic ring is 3. The first kappa shape index (κ1) is 10.4. The predicted octanol–water partition coefficient (Wildman–Crippen LogP) is 0.939. The zero-order valence-corrected chi connectivity index (χ0v) is 8.94. The van der Waals surface area contributed by atoms with Crippen LogP contribution in [0.5, 0.6) is 0 Å². The van der Waals surface area contributed by atoms with Crippen molar-refractivity contribution in [2.24, 2.45) is 0 Å². The Balaban J connectivity index is 2.62. The molecule has 1 heterocycles. The highest BCUT2D eigenvalue weighted by Gasteiger charge is 2.09. The minimum atomic E-state index is 0.0434. The molecule has 0 aliphatic heterocycles. The summed E-state index contributed by atoms with van der Waals surface area (Å²) in [5.41, 5.74) is 17.8. The summed E-state index contributed by atoms with van der Waals surface area (Å²) in [6.07, 6.45) is 0. The fraction of sp³-hybridized carbons (Fsp3) is 0. The summed E-state index contributed by atoms with van der Waals surface area (Å²) < 4.78 is 0. The summed E-state index contributed by atoms with van der Waals surface area (Å²) in [6, 6.07) is 4.98. The van der Waals surface area contributed by atoms with Crippen LogP contribution in [0.4, 0.5) is 17.6 Å². The molecule has 0 aliphatic carbocycles. The Morgan fingerprint density at radius 1 is 0.938 bits per heavy atom. The van der Waals surface area contributed by atoms with E-state index in [4.69, 9.17) is 28.8 Å². The van der Waals surface area contributed by atoms with Gasteiger partial charge in [-0.25, -0.2) is 0 Å². The largest absolute Gasteiger partial charge is 0.398 e. The molecule has 0 saturated heterocycles. The van der Waals surface area contributed by atoms with Gasteiger partial charge in [0.25, 0.3) is 0 Å². The zero-order chi connectivity index (χ0) is 11.7. The monoisotopic (exact) mass is 236 g/mol. The summed E-state index contributed by atoms with van der Waals surface area (Å²) in [4.78, 5) is 11.6. The van der Waals surface area contributed by atoms with Crippen molar-refractivity contribution < 1.29 is 0 Å². The number of aromatic nitrogens is 3. The van der Waals surface area contributed by atoms with E-state index in [1.165, 1.54) is 0 Å². The third-order valence-corrected chi connectivity index (χ3v) is 2.16. The Hall–Kier alpha value is -2.08. The third kappa shape index (κ3) is 1.96. The van der Waals surface area contributed by atoms with Crippen molar-refractivity contribution in [3.63, 3.8) is 0 Å². The van der Waals surface area contributed by atoms with Gasteiger partial charge in [-0.05, 0) is 18.2 Å². The first-order valence-electron chi connectivity index (χ1n) is 4.38. The van der Waals surface area contributed by atoms with Crippen molar-refractivity contribution in [1.29, 1.82) is 0 Å². The molecule has 0 amide bonds. The van der Waals surface area contributed by atoms with Gasteiger partial charge in [0.2, 0.25) is 11.9 Å². The molecule has 7 heteroatoms. The smallest absolute Gasteiger partial charge is 0.225 e. The molecule has 0 aliphatic rings. The van der Waals surface area contributed by atoms with Gasteiger partial charge in [0, 0.05) is 16.3 Å². The highest BCUT2D eigenvalue weighted by molar-refractivity contribution is 6.31. The van der Waals surface area contributed by atoms with Gasteiger partial charge in [-0.2, -0.15) is 15.0 Å². The van der Waals surface area contributed by atoms with Crippen molar-refractivity contribution in [3.8, 4) is 11.4 Å². The lowest BCUT2D eigenvalue weighted by atomic mass is 10.1. The predicted molar refractivity (Wildman–Crippen MR) is 63.5 cm³/mol. The highest BCUT2D eigenvalue weighted by atomic mass is 35.5. The van der Waals surface area contributed by atoms with E-state index in [-0.39, 0.29) is 11.9 Å². The van der Waals surface area contributed by atoms with E-state index in [9.17, 15) is 0 Å². The van der Waals surface area contributed by atoms with Crippen LogP contribution in [0.2, 0.25) is 5.02 Å². The second-order valence-electron chi connectivity index (χ2n) is 3.11. The number of anilines is 3. The van der Waals surface area contributed by atoms with Gasteiger partial charge in [0.05, 0.1) is 0 Å². The Morgan fingerprint density at radius 3 is 2.19 bits per heavy atom. The summed E-state index contributed by atoms with van der Waals surface area (Å²) >= 11 is 5.86. The Kier molecular flexibility index (Phi) is 2.49. The molecule has 6 nitrogen and oxygen atoms in total. The number of halogens is 1. The first-order valence-corrected chi connectivity index (χ1v) is 4.76. The SMILES string of the molecule is Nc1nc(N)nc(-c2cc(Cl)ccc2N)n1. The Labute approximate surface area is 96.5 Å². The first-order chi connectivity index (χ1) is 7.56. The molecule has 0 saturated carbocycles. The Morgan fingerprint density at radius 2 is 1.56 bits per heavy atom. The second-order valence-corrected chi connectivity index (χ2v) is 3.54. The molecule has 0 fully saturated rings. The lowest BCUT2D eigenvalue weighted by molar-refractivity contribution is 1.09. The molecule has 6 N–H and O–H groups in total.